The van der Waals surface area contributed by atoms with Crippen molar-refractivity contribution >= 4 is 51.6 Å². The summed E-state index contributed by atoms with van der Waals surface area (Å²) in [5.41, 5.74) is 5.40. The minimum atomic E-state index is -0.468. The molecule has 0 radical (unpaired) electrons. The summed E-state index contributed by atoms with van der Waals surface area (Å²) in [7, 11) is 0. The molecule has 2 amide bonds. The van der Waals surface area contributed by atoms with Crippen LogP contribution in [0.15, 0.2) is 83.1 Å². The van der Waals surface area contributed by atoms with Crippen molar-refractivity contribution in [2.24, 2.45) is 0 Å². The van der Waals surface area contributed by atoms with Crippen molar-refractivity contribution in [1.82, 2.24) is 0 Å². The van der Waals surface area contributed by atoms with Gasteiger partial charge in [-0.3, -0.25) is 9.59 Å². The number of thiophene rings is 1. The molecule has 0 bridgehead atoms. The van der Waals surface area contributed by atoms with Crippen LogP contribution >= 0.6 is 23.1 Å². The van der Waals surface area contributed by atoms with E-state index in [1.807, 2.05) is 73.8 Å². The SMILES string of the molecule is CCOC(=O)c1c(-c2ccc(C)cc2)csc1NC(=O)CSc1cccc(NC(=O)c2ccc(C)cc2)c1. The highest BCUT2D eigenvalue weighted by Crippen LogP contribution is 2.36. The highest BCUT2D eigenvalue weighted by atomic mass is 32.2. The molecule has 2 N–H and O–H groups in total. The average Bonchev–Trinajstić information content (AvgIpc) is 3.32. The summed E-state index contributed by atoms with van der Waals surface area (Å²) in [6.45, 7) is 5.96. The van der Waals surface area contributed by atoms with Gasteiger partial charge in [0.25, 0.3) is 5.91 Å². The van der Waals surface area contributed by atoms with Gasteiger partial charge in [-0.15, -0.1) is 23.1 Å². The number of aryl methyl sites for hydroxylation is 2. The highest BCUT2D eigenvalue weighted by molar-refractivity contribution is 8.00. The van der Waals surface area contributed by atoms with Crippen molar-refractivity contribution in [3.8, 4) is 11.1 Å². The Morgan fingerprint density at radius 1 is 0.895 bits per heavy atom. The van der Waals surface area contributed by atoms with Crippen molar-refractivity contribution in [3.05, 3.63) is 100 Å². The van der Waals surface area contributed by atoms with Gasteiger partial charge in [-0.2, -0.15) is 0 Å². The average molecular weight is 545 g/mol. The lowest BCUT2D eigenvalue weighted by atomic mass is 10.0. The lowest BCUT2D eigenvalue weighted by molar-refractivity contribution is -0.113. The second-order valence-corrected chi connectivity index (χ2v) is 10.6. The topological polar surface area (TPSA) is 84.5 Å². The zero-order valence-electron chi connectivity index (χ0n) is 21.4. The Bertz CT molecular complexity index is 1440. The lowest BCUT2D eigenvalue weighted by Gasteiger charge is -2.10. The summed E-state index contributed by atoms with van der Waals surface area (Å²) < 4.78 is 5.28. The maximum absolute atomic E-state index is 12.8. The summed E-state index contributed by atoms with van der Waals surface area (Å²) in [6.07, 6.45) is 0. The number of hydrogen-bond donors (Lipinski definition) is 2. The molecule has 0 fully saturated rings. The number of benzene rings is 3. The molecule has 8 heteroatoms. The van der Waals surface area contributed by atoms with E-state index in [1.165, 1.54) is 23.1 Å². The lowest BCUT2D eigenvalue weighted by Crippen LogP contribution is -2.16. The van der Waals surface area contributed by atoms with E-state index in [9.17, 15) is 14.4 Å². The Kier molecular flexibility index (Phi) is 8.99. The van der Waals surface area contributed by atoms with Gasteiger partial charge in [-0.05, 0) is 56.7 Å². The van der Waals surface area contributed by atoms with Gasteiger partial charge >= 0.3 is 5.97 Å². The molecule has 0 spiro atoms. The normalized spacial score (nSPS) is 10.6. The third-order valence-electron chi connectivity index (χ3n) is 5.66. The van der Waals surface area contributed by atoms with Gasteiger partial charge in [0.05, 0.1) is 12.4 Å². The van der Waals surface area contributed by atoms with Crippen LogP contribution in [0.1, 0.15) is 38.8 Å². The number of ether oxygens (including phenoxy) is 1. The summed E-state index contributed by atoms with van der Waals surface area (Å²) in [5.74, 6) is -0.773. The summed E-state index contributed by atoms with van der Waals surface area (Å²) in [5, 5.41) is 8.10. The molecule has 0 aliphatic carbocycles. The molecule has 38 heavy (non-hydrogen) atoms. The minimum Gasteiger partial charge on any atom is -0.462 e. The fraction of sp³-hybridized carbons (Fsp3) is 0.167. The molecule has 0 aliphatic rings. The third kappa shape index (κ3) is 6.90. The Balaban J connectivity index is 1.42. The molecule has 4 rings (SSSR count). The van der Waals surface area contributed by atoms with E-state index in [0.29, 0.717) is 21.8 Å². The number of amides is 2. The van der Waals surface area contributed by atoms with Crippen molar-refractivity contribution in [2.45, 2.75) is 25.7 Å². The molecule has 0 saturated carbocycles. The number of thioether (sulfide) groups is 1. The van der Waals surface area contributed by atoms with Gasteiger partial charge in [0.15, 0.2) is 0 Å². The van der Waals surface area contributed by atoms with Crippen LogP contribution in [-0.2, 0) is 9.53 Å². The molecule has 3 aromatic carbocycles. The molecule has 0 unspecified atom stereocenters. The molecule has 4 aromatic rings. The Morgan fingerprint density at radius 3 is 2.26 bits per heavy atom. The first-order chi connectivity index (χ1) is 18.3. The fourth-order valence-corrected chi connectivity index (χ4v) is 5.41. The Hall–Kier alpha value is -3.88. The van der Waals surface area contributed by atoms with E-state index in [-0.39, 0.29) is 24.2 Å². The van der Waals surface area contributed by atoms with E-state index >= 15 is 0 Å². The molecule has 194 valence electrons. The van der Waals surface area contributed by atoms with Crippen LogP contribution in [0.2, 0.25) is 0 Å². The highest BCUT2D eigenvalue weighted by Gasteiger charge is 2.23. The van der Waals surface area contributed by atoms with Crippen molar-refractivity contribution in [3.63, 3.8) is 0 Å². The van der Waals surface area contributed by atoms with Gasteiger partial charge in [-0.1, -0.05) is 53.6 Å². The van der Waals surface area contributed by atoms with Gasteiger partial charge in [0.2, 0.25) is 5.91 Å². The van der Waals surface area contributed by atoms with Crippen molar-refractivity contribution in [1.29, 1.82) is 0 Å². The molecule has 1 heterocycles. The number of carbonyl (C=O) groups excluding carboxylic acids is 3. The first-order valence-electron chi connectivity index (χ1n) is 12.1. The van der Waals surface area contributed by atoms with E-state index < -0.39 is 5.97 Å². The smallest absolute Gasteiger partial charge is 0.341 e. The maximum atomic E-state index is 12.8. The Morgan fingerprint density at radius 2 is 1.58 bits per heavy atom. The third-order valence-corrected chi connectivity index (χ3v) is 7.55. The van der Waals surface area contributed by atoms with Crippen LogP contribution in [-0.4, -0.2) is 30.1 Å². The second kappa shape index (κ2) is 12.6. The van der Waals surface area contributed by atoms with Crippen molar-refractivity contribution in [2.75, 3.05) is 23.0 Å². The van der Waals surface area contributed by atoms with E-state index in [2.05, 4.69) is 10.6 Å². The zero-order valence-corrected chi connectivity index (χ0v) is 23.0. The van der Waals surface area contributed by atoms with Crippen LogP contribution in [0.25, 0.3) is 11.1 Å². The molecule has 0 atom stereocenters. The van der Waals surface area contributed by atoms with Gasteiger partial charge in [0.1, 0.15) is 10.6 Å². The second-order valence-electron chi connectivity index (χ2n) is 8.62. The summed E-state index contributed by atoms with van der Waals surface area (Å²) in [6, 6.07) is 22.6. The van der Waals surface area contributed by atoms with E-state index in [4.69, 9.17) is 4.74 Å². The molecule has 1 aromatic heterocycles. The minimum absolute atomic E-state index is 0.134. The van der Waals surface area contributed by atoms with E-state index in [1.54, 1.807) is 25.1 Å². The number of carbonyl (C=O) groups is 3. The summed E-state index contributed by atoms with van der Waals surface area (Å²) in [4.78, 5) is 39.0. The number of hydrogen-bond acceptors (Lipinski definition) is 6. The maximum Gasteiger partial charge on any atom is 0.341 e. The Labute approximate surface area is 230 Å². The number of anilines is 2. The first kappa shape index (κ1) is 27.2. The first-order valence-corrected chi connectivity index (χ1v) is 14.0. The predicted octanol–water partition coefficient (Wildman–Crippen LogP) is 7.19. The van der Waals surface area contributed by atoms with Gasteiger partial charge in [-0.25, -0.2) is 4.79 Å². The number of nitrogens with one attached hydrogen (secondary N) is 2. The van der Waals surface area contributed by atoms with Gasteiger partial charge in [0, 0.05) is 27.1 Å². The number of rotatable bonds is 9. The molecular weight excluding hydrogens is 516 g/mol. The standard InChI is InChI=1S/C30H28N2O4S2/c1-4-36-30(35)27-25(21-12-8-19(2)9-13-21)17-38-29(27)32-26(33)18-37-24-7-5-6-23(16-24)31-28(34)22-14-10-20(3)11-15-22/h5-17H,4,18H2,1-3H3,(H,31,34)(H,32,33). The molecular formula is C30H28N2O4S2. The molecule has 0 aliphatic heterocycles. The van der Waals surface area contributed by atoms with E-state index in [0.717, 1.165) is 27.1 Å². The summed E-state index contributed by atoms with van der Waals surface area (Å²) >= 11 is 2.64. The quantitative estimate of drug-likeness (QED) is 0.172. The van der Waals surface area contributed by atoms with Crippen LogP contribution in [0.5, 0.6) is 0 Å². The molecule has 0 saturated heterocycles. The largest absolute Gasteiger partial charge is 0.462 e. The van der Waals surface area contributed by atoms with Crippen LogP contribution < -0.4 is 10.6 Å². The number of esters is 1. The molecule has 6 nitrogen and oxygen atoms in total. The zero-order chi connectivity index (χ0) is 27.1. The van der Waals surface area contributed by atoms with Crippen LogP contribution in [0, 0.1) is 13.8 Å². The van der Waals surface area contributed by atoms with Crippen LogP contribution in [0.3, 0.4) is 0 Å². The predicted molar refractivity (Wildman–Crippen MR) is 155 cm³/mol. The van der Waals surface area contributed by atoms with Crippen molar-refractivity contribution < 1.29 is 19.1 Å². The van der Waals surface area contributed by atoms with Crippen LogP contribution in [0.4, 0.5) is 10.7 Å². The fourth-order valence-electron chi connectivity index (χ4n) is 3.68. The monoisotopic (exact) mass is 544 g/mol. The van der Waals surface area contributed by atoms with Gasteiger partial charge < -0.3 is 15.4 Å².